The van der Waals surface area contributed by atoms with E-state index in [9.17, 15) is 9.59 Å². The summed E-state index contributed by atoms with van der Waals surface area (Å²) in [5.74, 6) is -0.0376. The van der Waals surface area contributed by atoms with Gasteiger partial charge in [0.05, 0.1) is 15.7 Å². The van der Waals surface area contributed by atoms with E-state index in [0.717, 1.165) is 25.1 Å². The van der Waals surface area contributed by atoms with E-state index in [1.807, 2.05) is 24.3 Å². The maximum absolute atomic E-state index is 12.7. The van der Waals surface area contributed by atoms with Crippen LogP contribution in [0.4, 0.5) is 5.69 Å². The van der Waals surface area contributed by atoms with Crippen molar-refractivity contribution in [2.75, 3.05) is 18.4 Å². The summed E-state index contributed by atoms with van der Waals surface area (Å²) in [4.78, 5) is 28.1. The van der Waals surface area contributed by atoms with Gasteiger partial charge in [0.1, 0.15) is 18.1 Å². The third-order valence-electron chi connectivity index (χ3n) is 5.40. The Morgan fingerprint density at radius 2 is 1.91 bits per heavy atom. The number of halogens is 2. The summed E-state index contributed by atoms with van der Waals surface area (Å²) >= 11 is 12.2. The second-order valence-electron chi connectivity index (χ2n) is 7.86. The van der Waals surface area contributed by atoms with Gasteiger partial charge >= 0.3 is 0 Å². The SMILES string of the molecule is Cc1[nH]c(C(=O)Nc2ccccc2OCc2cccc(C(=O)NC3CCNC3)c2)c(Cl)c1Cl. The first-order valence-corrected chi connectivity index (χ1v) is 11.3. The van der Waals surface area contributed by atoms with Gasteiger partial charge in [-0.2, -0.15) is 0 Å². The van der Waals surface area contributed by atoms with Crippen LogP contribution in [0.1, 0.15) is 38.5 Å². The Labute approximate surface area is 201 Å². The third-order valence-corrected chi connectivity index (χ3v) is 6.34. The minimum atomic E-state index is -0.425. The van der Waals surface area contributed by atoms with E-state index in [-0.39, 0.29) is 29.3 Å². The molecule has 33 heavy (non-hydrogen) atoms. The Morgan fingerprint density at radius 3 is 2.64 bits per heavy atom. The van der Waals surface area contributed by atoms with Crippen molar-refractivity contribution in [3.05, 3.63) is 81.1 Å². The third kappa shape index (κ3) is 5.50. The van der Waals surface area contributed by atoms with E-state index in [0.29, 0.717) is 27.7 Å². The van der Waals surface area contributed by atoms with Crippen LogP contribution in [0.3, 0.4) is 0 Å². The van der Waals surface area contributed by atoms with Crippen molar-refractivity contribution >= 4 is 40.7 Å². The van der Waals surface area contributed by atoms with Crippen molar-refractivity contribution in [3.8, 4) is 5.75 Å². The fourth-order valence-electron chi connectivity index (χ4n) is 3.62. The van der Waals surface area contributed by atoms with Crippen molar-refractivity contribution in [2.24, 2.45) is 0 Å². The molecule has 0 radical (unpaired) electrons. The number of amides is 2. The van der Waals surface area contributed by atoms with E-state index < -0.39 is 5.91 Å². The van der Waals surface area contributed by atoms with Crippen molar-refractivity contribution < 1.29 is 14.3 Å². The second-order valence-corrected chi connectivity index (χ2v) is 8.61. The van der Waals surface area contributed by atoms with Crippen LogP contribution in [0.15, 0.2) is 48.5 Å². The van der Waals surface area contributed by atoms with E-state index in [2.05, 4.69) is 20.9 Å². The molecule has 0 bridgehead atoms. The highest BCUT2D eigenvalue weighted by atomic mass is 35.5. The molecule has 1 aliphatic heterocycles. The fraction of sp³-hybridized carbons (Fsp3) is 0.250. The van der Waals surface area contributed by atoms with Crippen LogP contribution in [0.5, 0.6) is 5.75 Å². The number of rotatable bonds is 7. The number of hydrogen-bond acceptors (Lipinski definition) is 4. The molecule has 1 unspecified atom stereocenters. The number of aryl methyl sites for hydroxylation is 1. The lowest BCUT2D eigenvalue weighted by molar-refractivity contribution is 0.0939. The number of hydrogen-bond donors (Lipinski definition) is 4. The van der Waals surface area contributed by atoms with E-state index in [1.165, 1.54) is 0 Å². The first-order valence-electron chi connectivity index (χ1n) is 10.6. The average molecular weight is 487 g/mol. The Morgan fingerprint density at radius 1 is 1.09 bits per heavy atom. The number of aromatic amines is 1. The molecule has 0 aliphatic carbocycles. The molecular weight excluding hydrogens is 463 g/mol. The summed E-state index contributed by atoms with van der Waals surface area (Å²) in [5.41, 5.74) is 2.71. The largest absolute Gasteiger partial charge is 0.487 e. The standard InChI is InChI=1S/C24H24Cl2N4O3/c1-14-20(25)21(26)22(28-14)24(32)30-18-7-2-3-8-19(18)33-13-15-5-4-6-16(11-15)23(31)29-17-9-10-27-12-17/h2-8,11,17,27-28H,9-10,12-13H2,1H3,(H,29,31)(H,30,32). The fourth-order valence-corrected chi connectivity index (χ4v) is 4.04. The van der Waals surface area contributed by atoms with Gasteiger partial charge in [0.15, 0.2) is 0 Å². The van der Waals surface area contributed by atoms with E-state index in [4.69, 9.17) is 27.9 Å². The van der Waals surface area contributed by atoms with Crippen molar-refractivity contribution in [3.63, 3.8) is 0 Å². The Hall–Kier alpha value is -3.00. The molecule has 1 aromatic heterocycles. The molecule has 9 heteroatoms. The maximum atomic E-state index is 12.7. The summed E-state index contributed by atoms with van der Waals surface area (Å²) in [7, 11) is 0. The number of H-pyrrole nitrogens is 1. The molecule has 1 aliphatic rings. The zero-order valence-corrected chi connectivity index (χ0v) is 19.5. The summed E-state index contributed by atoms with van der Waals surface area (Å²) in [6.07, 6.45) is 0.927. The molecular formula is C24H24Cl2N4O3. The molecule has 2 heterocycles. The zero-order chi connectivity index (χ0) is 23.4. The highest BCUT2D eigenvalue weighted by Crippen LogP contribution is 2.31. The normalized spacial score (nSPS) is 15.3. The summed E-state index contributed by atoms with van der Waals surface area (Å²) in [6.45, 7) is 3.67. The highest BCUT2D eigenvalue weighted by molar-refractivity contribution is 6.44. The van der Waals surface area contributed by atoms with Crippen LogP contribution in [0.2, 0.25) is 10.0 Å². The van der Waals surface area contributed by atoms with Gasteiger partial charge in [0, 0.05) is 23.8 Å². The number of benzene rings is 2. The summed E-state index contributed by atoms with van der Waals surface area (Å²) in [5, 5.41) is 9.57. The Bertz CT molecular complexity index is 1170. The van der Waals surface area contributed by atoms with Gasteiger partial charge in [0.25, 0.3) is 11.8 Å². The molecule has 2 aromatic carbocycles. The Kier molecular flexibility index (Phi) is 7.23. The number of nitrogens with one attached hydrogen (secondary N) is 4. The van der Waals surface area contributed by atoms with Gasteiger partial charge in [0.2, 0.25) is 0 Å². The molecule has 7 nitrogen and oxygen atoms in total. The van der Waals surface area contributed by atoms with Gasteiger partial charge < -0.3 is 25.7 Å². The van der Waals surface area contributed by atoms with E-state index >= 15 is 0 Å². The molecule has 1 fully saturated rings. The topological polar surface area (TPSA) is 95.2 Å². The Balaban J connectivity index is 1.42. The summed E-state index contributed by atoms with van der Waals surface area (Å²) in [6, 6.07) is 14.6. The molecule has 2 amide bonds. The minimum absolute atomic E-state index is 0.102. The molecule has 1 saturated heterocycles. The van der Waals surface area contributed by atoms with E-state index in [1.54, 1.807) is 31.2 Å². The van der Waals surface area contributed by atoms with Crippen LogP contribution in [0.25, 0.3) is 0 Å². The lowest BCUT2D eigenvalue weighted by atomic mass is 10.1. The number of carbonyl (C=O) groups is 2. The predicted molar refractivity (Wildman–Crippen MR) is 129 cm³/mol. The number of carbonyl (C=O) groups excluding carboxylic acids is 2. The molecule has 4 rings (SSSR count). The minimum Gasteiger partial charge on any atom is -0.487 e. The highest BCUT2D eigenvalue weighted by Gasteiger charge is 2.20. The quantitative estimate of drug-likeness (QED) is 0.393. The molecule has 172 valence electrons. The van der Waals surface area contributed by atoms with Gasteiger partial charge in [-0.05, 0) is 49.7 Å². The molecule has 4 N–H and O–H groups in total. The summed E-state index contributed by atoms with van der Waals surface area (Å²) < 4.78 is 5.96. The van der Waals surface area contributed by atoms with Crippen molar-refractivity contribution in [2.45, 2.75) is 26.0 Å². The van der Waals surface area contributed by atoms with Crippen molar-refractivity contribution in [1.29, 1.82) is 0 Å². The second kappa shape index (κ2) is 10.3. The maximum Gasteiger partial charge on any atom is 0.273 e. The number of aromatic nitrogens is 1. The van der Waals surface area contributed by atoms with Gasteiger partial charge in [-0.3, -0.25) is 9.59 Å². The van der Waals surface area contributed by atoms with Gasteiger partial charge in [-0.1, -0.05) is 47.5 Å². The number of para-hydroxylation sites is 2. The first kappa shape index (κ1) is 23.2. The average Bonchev–Trinajstić information content (AvgIpc) is 3.42. The van der Waals surface area contributed by atoms with Crippen molar-refractivity contribution in [1.82, 2.24) is 15.6 Å². The number of ether oxygens (including phenoxy) is 1. The monoisotopic (exact) mass is 486 g/mol. The van der Waals surface area contributed by atoms with Crippen LogP contribution >= 0.6 is 23.2 Å². The first-order chi connectivity index (χ1) is 15.9. The van der Waals surface area contributed by atoms with Crippen LogP contribution < -0.4 is 20.7 Å². The molecule has 0 spiro atoms. The zero-order valence-electron chi connectivity index (χ0n) is 18.0. The smallest absolute Gasteiger partial charge is 0.273 e. The lowest BCUT2D eigenvalue weighted by Crippen LogP contribution is -2.36. The molecule has 3 aromatic rings. The van der Waals surface area contributed by atoms with Gasteiger partial charge in [-0.25, -0.2) is 0 Å². The van der Waals surface area contributed by atoms with Crippen LogP contribution in [0, 0.1) is 6.92 Å². The lowest BCUT2D eigenvalue weighted by Gasteiger charge is -2.14. The molecule has 1 atom stereocenters. The van der Waals surface area contributed by atoms with Crippen LogP contribution in [-0.4, -0.2) is 35.9 Å². The van der Waals surface area contributed by atoms with Gasteiger partial charge in [-0.15, -0.1) is 0 Å². The molecule has 0 saturated carbocycles. The predicted octanol–water partition coefficient (Wildman–Crippen LogP) is 4.55. The number of anilines is 1. The van der Waals surface area contributed by atoms with Crippen LogP contribution in [-0.2, 0) is 6.61 Å².